The first-order valence-corrected chi connectivity index (χ1v) is 7.47. The summed E-state index contributed by atoms with van der Waals surface area (Å²) in [7, 11) is 0. The maximum absolute atomic E-state index is 9.85. The van der Waals surface area contributed by atoms with Crippen LogP contribution in [0.1, 0.15) is 19.3 Å². The molecule has 0 aromatic heterocycles. The molecule has 1 aliphatic carbocycles. The van der Waals surface area contributed by atoms with E-state index in [9.17, 15) is 10.2 Å². The van der Waals surface area contributed by atoms with Crippen molar-refractivity contribution >= 4 is 11.6 Å². The van der Waals surface area contributed by atoms with E-state index in [1.807, 2.05) is 12.1 Å². The van der Waals surface area contributed by atoms with Crippen LogP contribution in [-0.4, -0.2) is 42.1 Å². The summed E-state index contributed by atoms with van der Waals surface area (Å²) in [6.07, 6.45) is 2.09. The summed E-state index contributed by atoms with van der Waals surface area (Å²) in [5.74, 6) is 1.11. The van der Waals surface area contributed by atoms with Gasteiger partial charge in [0.1, 0.15) is 18.5 Å². The van der Waals surface area contributed by atoms with E-state index in [2.05, 4.69) is 5.32 Å². The smallest absolute Gasteiger partial charge is 0.138 e. The highest BCUT2D eigenvalue weighted by atomic mass is 35.5. The number of aliphatic hydroxyl groups is 2. The molecule has 0 bridgehead atoms. The number of hydrogen-bond donors (Lipinski definition) is 3. The van der Waals surface area contributed by atoms with Gasteiger partial charge < -0.3 is 20.3 Å². The lowest BCUT2D eigenvalue weighted by Crippen LogP contribution is -2.34. The third-order valence-corrected chi connectivity index (χ3v) is 3.91. The molecule has 0 radical (unpaired) electrons. The van der Waals surface area contributed by atoms with E-state index < -0.39 is 6.10 Å². The van der Waals surface area contributed by atoms with Gasteiger partial charge in [0.05, 0.1) is 11.1 Å². The van der Waals surface area contributed by atoms with Crippen molar-refractivity contribution in [3.05, 3.63) is 29.3 Å². The predicted molar refractivity (Wildman–Crippen MR) is 79.2 cm³/mol. The zero-order valence-electron chi connectivity index (χ0n) is 11.5. The van der Waals surface area contributed by atoms with E-state index in [1.165, 1.54) is 0 Å². The molecule has 2 rings (SSSR count). The van der Waals surface area contributed by atoms with Crippen LogP contribution < -0.4 is 10.1 Å². The van der Waals surface area contributed by atoms with Gasteiger partial charge in [0.15, 0.2) is 0 Å². The Morgan fingerprint density at radius 1 is 1.35 bits per heavy atom. The quantitative estimate of drug-likeness (QED) is 0.719. The number of rotatable bonds is 7. The van der Waals surface area contributed by atoms with Crippen LogP contribution in [0.25, 0.3) is 0 Å². The lowest BCUT2D eigenvalue weighted by Gasteiger charge is -2.16. The fraction of sp³-hybridized carbons (Fsp3) is 0.600. The Labute approximate surface area is 124 Å². The highest BCUT2D eigenvalue weighted by Crippen LogP contribution is 2.24. The Morgan fingerprint density at radius 2 is 2.15 bits per heavy atom. The SMILES string of the molecule is OC(CNCC1CCC(O)C1)COc1ccccc1Cl. The molecule has 0 aliphatic heterocycles. The molecule has 20 heavy (non-hydrogen) atoms. The topological polar surface area (TPSA) is 61.7 Å². The number of hydrogen-bond acceptors (Lipinski definition) is 4. The fourth-order valence-electron chi connectivity index (χ4n) is 2.49. The average molecular weight is 300 g/mol. The van der Waals surface area contributed by atoms with Gasteiger partial charge in [-0.2, -0.15) is 0 Å². The molecule has 112 valence electrons. The minimum atomic E-state index is -0.572. The summed E-state index contributed by atoms with van der Waals surface area (Å²) in [6, 6.07) is 7.22. The van der Waals surface area contributed by atoms with Crippen molar-refractivity contribution in [2.24, 2.45) is 5.92 Å². The minimum absolute atomic E-state index is 0.143. The summed E-state index contributed by atoms with van der Waals surface area (Å²) in [5, 5.41) is 23.1. The summed E-state index contributed by atoms with van der Waals surface area (Å²) in [6.45, 7) is 1.53. The number of nitrogens with one attached hydrogen (secondary N) is 1. The van der Waals surface area contributed by atoms with Crippen LogP contribution >= 0.6 is 11.6 Å². The molecule has 0 heterocycles. The monoisotopic (exact) mass is 299 g/mol. The van der Waals surface area contributed by atoms with Gasteiger partial charge in [-0.15, -0.1) is 0 Å². The van der Waals surface area contributed by atoms with Crippen molar-refractivity contribution in [2.75, 3.05) is 19.7 Å². The van der Waals surface area contributed by atoms with Gasteiger partial charge in [0.25, 0.3) is 0 Å². The molecule has 1 aromatic rings. The van der Waals surface area contributed by atoms with E-state index in [-0.39, 0.29) is 12.7 Å². The summed E-state index contributed by atoms with van der Waals surface area (Å²) in [4.78, 5) is 0. The molecular weight excluding hydrogens is 278 g/mol. The highest BCUT2D eigenvalue weighted by Gasteiger charge is 2.22. The second kappa shape index (κ2) is 7.84. The summed E-state index contributed by atoms with van der Waals surface area (Å²) < 4.78 is 5.48. The Hall–Kier alpha value is -0.810. The van der Waals surface area contributed by atoms with Crippen LogP contribution in [0, 0.1) is 5.92 Å². The molecule has 1 saturated carbocycles. The molecule has 3 atom stereocenters. The van der Waals surface area contributed by atoms with E-state index in [0.29, 0.717) is 23.2 Å². The summed E-state index contributed by atoms with van der Waals surface area (Å²) in [5.41, 5.74) is 0. The average Bonchev–Trinajstić information content (AvgIpc) is 2.83. The standard InChI is InChI=1S/C15H22ClNO3/c16-14-3-1-2-4-15(14)20-10-13(19)9-17-8-11-5-6-12(18)7-11/h1-4,11-13,17-19H,5-10H2. The lowest BCUT2D eigenvalue weighted by molar-refractivity contribution is 0.105. The Balaban J connectivity index is 1.61. The molecular formula is C15H22ClNO3. The number of halogens is 1. The van der Waals surface area contributed by atoms with Crippen LogP contribution in [0.4, 0.5) is 0 Å². The second-order valence-corrected chi connectivity index (χ2v) is 5.79. The summed E-state index contributed by atoms with van der Waals surface area (Å²) >= 11 is 5.97. The third-order valence-electron chi connectivity index (χ3n) is 3.59. The van der Waals surface area contributed by atoms with Crippen molar-refractivity contribution in [2.45, 2.75) is 31.5 Å². The van der Waals surface area contributed by atoms with Gasteiger partial charge in [-0.05, 0) is 43.9 Å². The zero-order valence-corrected chi connectivity index (χ0v) is 12.2. The molecule has 0 saturated heterocycles. The van der Waals surface area contributed by atoms with E-state index in [4.69, 9.17) is 16.3 Å². The van der Waals surface area contributed by atoms with Crippen molar-refractivity contribution < 1.29 is 14.9 Å². The molecule has 0 spiro atoms. The predicted octanol–water partition coefficient (Wildman–Crippen LogP) is 1.83. The van der Waals surface area contributed by atoms with Crippen LogP contribution in [0.5, 0.6) is 5.75 Å². The van der Waals surface area contributed by atoms with Gasteiger partial charge in [0, 0.05) is 6.54 Å². The first kappa shape index (κ1) is 15.6. The van der Waals surface area contributed by atoms with Gasteiger partial charge >= 0.3 is 0 Å². The molecule has 1 fully saturated rings. The first-order chi connectivity index (χ1) is 9.65. The Morgan fingerprint density at radius 3 is 2.85 bits per heavy atom. The molecule has 1 aliphatic rings. The number of para-hydroxylation sites is 1. The van der Waals surface area contributed by atoms with Gasteiger partial charge in [-0.1, -0.05) is 23.7 Å². The first-order valence-electron chi connectivity index (χ1n) is 7.09. The van der Waals surface area contributed by atoms with Crippen molar-refractivity contribution in [3.8, 4) is 5.75 Å². The largest absolute Gasteiger partial charge is 0.489 e. The maximum Gasteiger partial charge on any atom is 0.138 e. The van der Waals surface area contributed by atoms with Crippen LogP contribution in [0.3, 0.4) is 0 Å². The third kappa shape index (κ3) is 4.94. The van der Waals surface area contributed by atoms with Gasteiger partial charge in [0.2, 0.25) is 0 Å². The van der Waals surface area contributed by atoms with Crippen molar-refractivity contribution in [1.29, 1.82) is 0 Å². The minimum Gasteiger partial charge on any atom is -0.489 e. The van der Waals surface area contributed by atoms with Crippen LogP contribution in [0.15, 0.2) is 24.3 Å². The van der Waals surface area contributed by atoms with Gasteiger partial charge in [-0.25, -0.2) is 0 Å². The van der Waals surface area contributed by atoms with E-state index >= 15 is 0 Å². The Kier molecular flexibility index (Phi) is 6.10. The number of ether oxygens (including phenoxy) is 1. The van der Waals surface area contributed by atoms with E-state index in [1.54, 1.807) is 12.1 Å². The van der Waals surface area contributed by atoms with Crippen LogP contribution in [0.2, 0.25) is 5.02 Å². The Bertz CT molecular complexity index is 416. The lowest BCUT2D eigenvalue weighted by atomic mass is 10.1. The second-order valence-electron chi connectivity index (χ2n) is 5.39. The molecule has 3 N–H and O–H groups in total. The molecule has 3 unspecified atom stereocenters. The number of aliphatic hydroxyl groups excluding tert-OH is 2. The van der Waals surface area contributed by atoms with E-state index in [0.717, 1.165) is 25.8 Å². The molecule has 0 amide bonds. The molecule has 4 nitrogen and oxygen atoms in total. The van der Waals surface area contributed by atoms with Crippen LogP contribution in [-0.2, 0) is 0 Å². The highest BCUT2D eigenvalue weighted by molar-refractivity contribution is 6.32. The number of benzene rings is 1. The molecule has 5 heteroatoms. The zero-order chi connectivity index (χ0) is 14.4. The van der Waals surface area contributed by atoms with Crippen molar-refractivity contribution in [3.63, 3.8) is 0 Å². The van der Waals surface area contributed by atoms with Gasteiger partial charge in [-0.3, -0.25) is 0 Å². The normalized spacial score (nSPS) is 23.8. The van der Waals surface area contributed by atoms with Crippen molar-refractivity contribution in [1.82, 2.24) is 5.32 Å². The molecule has 1 aromatic carbocycles. The maximum atomic E-state index is 9.85. The fourth-order valence-corrected chi connectivity index (χ4v) is 2.69.